The van der Waals surface area contributed by atoms with Crippen molar-refractivity contribution in [3.63, 3.8) is 0 Å². The second kappa shape index (κ2) is 12.0. The molecule has 0 aromatic carbocycles. The highest BCUT2D eigenvalue weighted by molar-refractivity contribution is 4.88. The lowest BCUT2D eigenvalue weighted by Crippen LogP contribution is -2.45. The first-order valence-corrected chi connectivity index (χ1v) is 7.93. The highest BCUT2D eigenvalue weighted by atomic mass is 16.0. The van der Waals surface area contributed by atoms with Gasteiger partial charge in [0.05, 0.1) is 0 Å². The molecule has 0 rings (SSSR count). The molecule has 0 aromatic rings. The van der Waals surface area contributed by atoms with Crippen molar-refractivity contribution < 1.29 is 5.48 Å². The number of rotatable bonds is 11. The first-order valence-electron chi connectivity index (χ1n) is 7.93. The van der Waals surface area contributed by atoms with Crippen molar-refractivity contribution >= 4 is 0 Å². The van der Waals surface area contributed by atoms with E-state index >= 15 is 0 Å². The molecule has 0 fully saturated rings. The average molecular weight is 259 g/mol. The van der Waals surface area contributed by atoms with E-state index in [4.69, 9.17) is 5.73 Å². The van der Waals surface area contributed by atoms with E-state index in [2.05, 4.69) is 27.7 Å². The molecule has 0 radical (unpaired) electrons. The summed E-state index contributed by atoms with van der Waals surface area (Å²) in [5.74, 6) is 0.726. The Kier molecular flexibility index (Phi) is 13.5. The fraction of sp³-hybridized carbons (Fsp3) is 1.00. The van der Waals surface area contributed by atoms with Crippen molar-refractivity contribution in [1.29, 1.82) is 0 Å². The molecule has 0 amide bonds. The van der Waals surface area contributed by atoms with E-state index in [1.807, 2.05) is 0 Å². The highest BCUT2D eigenvalue weighted by Gasteiger charge is 2.29. The van der Waals surface area contributed by atoms with E-state index in [0.29, 0.717) is 0 Å². The van der Waals surface area contributed by atoms with Crippen LogP contribution in [0.4, 0.5) is 0 Å². The highest BCUT2D eigenvalue weighted by Crippen LogP contribution is 2.29. The normalized spacial score (nSPS) is 13.2. The van der Waals surface area contributed by atoms with Crippen LogP contribution < -0.4 is 5.73 Å². The van der Waals surface area contributed by atoms with Crippen LogP contribution in [0.2, 0.25) is 0 Å². The Balaban J connectivity index is 0. The first-order chi connectivity index (χ1) is 8.14. The molecule has 18 heavy (non-hydrogen) atoms. The lowest BCUT2D eigenvalue weighted by Gasteiger charge is -2.36. The zero-order valence-electron chi connectivity index (χ0n) is 13.2. The van der Waals surface area contributed by atoms with Gasteiger partial charge in [0.2, 0.25) is 0 Å². The molecular weight excluding hydrogens is 222 g/mol. The Hall–Kier alpha value is -0.0800. The Morgan fingerprint density at radius 3 is 1.78 bits per heavy atom. The third-order valence-electron chi connectivity index (χ3n) is 4.53. The number of unbranched alkanes of at least 4 members (excludes halogenated alkanes) is 5. The van der Waals surface area contributed by atoms with Gasteiger partial charge in [-0.1, -0.05) is 72.6 Å². The smallest absolute Gasteiger partial charge is 0.0177 e. The van der Waals surface area contributed by atoms with E-state index in [1.165, 1.54) is 51.4 Å². The summed E-state index contributed by atoms with van der Waals surface area (Å²) in [5, 5.41) is 0. The Labute approximate surface area is 115 Å². The SMILES string of the molecule is CCCCCCCCC(CC)C(N)(CC)CC.O. The van der Waals surface area contributed by atoms with Crippen molar-refractivity contribution in [1.82, 2.24) is 0 Å². The maximum Gasteiger partial charge on any atom is 0.0177 e. The van der Waals surface area contributed by atoms with Crippen LogP contribution >= 0.6 is 0 Å². The van der Waals surface area contributed by atoms with Gasteiger partial charge in [0.25, 0.3) is 0 Å². The average Bonchev–Trinajstić information content (AvgIpc) is 2.37. The van der Waals surface area contributed by atoms with Gasteiger partial charge in [0.15, 0.2) is 0 Å². The summed E-state index contributed by atoms with van der Waals surface area (Å²) >= 11 is 0. The van der Waals surface area contributed by atoms with Crippen LogP contribution in [-0.4, -0.2) is 11.0 Å². The molecule has 0 aliphatic rings. The molecule has 0 aliphatic carbocycles. The molecule has 0 spiro atoms. The predicted molar refractivity (Wildman–Crippen MR) is 82.9 cm³/mol. The van der Waals surface area contributed by atoms with Crippen molar-refractivity contribution in [2.24, 2.45) is 11.7 Å². The second-order valence-electron chi connectivity index (χ2n) is 5.60. The summed E-state index contributed by atoms with van der Waals surface area (Å²) in [6.45, 7) is 9.06. The largest absolute Gasteiger partial charge is 0.412 e. The number of hydrogen-bond acceptors (Lipinski definition) is 1. The van der Waals surface area contributed by atoms with Gasteiger partial charge < -0.3 is 11.2 Å². The summed E-state index contributed by atoms with van der Waals surface area (Å²) in [7, 11) is 0. The summed E-state index contributed by atoms with van der Waals surface area (Å²) < 4.78 is 0. The van der Waals surface area contributed by atoms with Gasteiger partial charge in [-0.15, -0.1) is 0 Å². The van der Waals surface area contributed by atoms with Gasteiger partial charge in [-0.2, -0.15) is 0 Å². The molecule has 0 bridgehead atoms. The van der Waals surface area contributed by atoms with Crippen LogP contribution in [-0.2, 0) is 0 Å². The number of hydrogen-bond donors (Lipinski definition) is 1. The lowest BCUT2D eigenvalue weighted by atomic mass is 9.76. The molecule has 0 heterocycles. The van der Waals surface area contributed by atoms with Crippen LogP contribution in [0, 0.1) is 5.92 Å². The molecule has 2 heteroatoms. The molecule has 1 unspecified atom stereocenters. The molecule has 4 N–H and O–H groups in total. The minimum atomic E-state index is 0. The molecule has 2 nitrogen and oxygen atoms in total. The third kappa shape index (κ3) is 7.38. The van der Waals surface area contributed by atoms with E-state index in [9.17, 15) is 0 Å². The standard InChI is InChI=1S/C16H35N.H2O/c1-5-9-10-11-12-13-14-15(6-2)16(17,7-3)8-4;/h15H,5-14,17H2,1-4H3;1H2. The van der Waals surface area contributed by atoms with E-state index in [-0.39, 0.29) is 11.0 Å². The van der Waals surface area contributed by atoms with Gasteiger partial charge in [-0.3, -0.25) is 0 Å². The molecule has 1 atom stereocenters. The van der Waals surface area contributed by atoms with E-state index in [1.54, 1.807) is 0 Å². The first kappa shape index (κ1) is 20.2. The third-order valence-corrected chi connectivity index (χ3v) is 4.53. The van der Waals surface area contributed by atoms with Crippen LogP contribution in [0.15, 0.2) is 0 Å². The Bertz CT molecular complexity index is 166. The van der Waals surface area contributed by atoms with Crippen molar-refractivity contribution in [2.75, 3.05) is 0 Å². The van der Waals surface area contributed by atoms with E-state index < -0.39 is 0 Å². The zero-order chi connectivity index (χ0) is 13.1. The summed E-state index contributed by atoms with van der Waals surface area (Å²) in [4.78, 5) is 0. The van der Waals surface area contributed by atoms with Crippen molar-refractivity contribution in [3.05, 3.63) is 0 Å². The minimum Gasteiger partial charge on any atom is -0.412 e. The second-order valence-corrected chi connectivity index (χ2v) is 5.60. The Morgan fingerprint density at radius 1 is 0.833 bits per heavy atom. The van der Waals surface area contributed by atoms with Gasteiger partial charge in [-0.25, -0.2) is 0 Å². The molecule has 0 aromatic heterocycles. The molecular formula is C16H37NO. The van der Waals surface area contributed by atoms with Crippen molar-refractivity contribution in [2.45, 2.75) is 97.4 Å². The minimum absolute atomic E-state index is 0. The topological polar surface area (TPSA) is 57.5 Å². The van der Waals surface area contributed by atoms with Gasteiger partial charge >= 0.3 is 0 Å². The van der Waals surface area contributed by atoms with Crippen LogP contribution in [0.1, 0.15) is 91.9 Å². The summed E-state index contributed by atoms with van der Waals surface area (Å²) in [5.41, 5.74) is 6.61. The van der Waals surface area contributed by atoms with Gasteiger partial charge in [-0.05, 0) is 25.2 Å². The van der Waals surface area contributed by atoms with Crippen LogP contribution in [0.25, 0.3) is 0 Å². The fourth-order valence-electron chi connectivity index (χ4n) is 2.90. The summed E-state index contributed by atoms with van der Waals surface area (Å²) in [6, 6.07) is 0. The molecule has 0 saturated carbocycles. The Morgan fingerprint density at radius 2 is 1.33 bits per heavy atom. The zero-order valence-corrected chi connectivity index (χ0v) is 13.2. The molecule has 112 valence electrons. The lowest BCUT2D eigenvalue weighted by molar-refractivity contribution is 0.225. The quantitative estimate of drug-likeness (QED) is 0.547. The van der Waals surface area contributed by atoms with Crippen LogP contribution in [0.3, 0.4) is 0 Å². The number of nitrogens with two attached hydrogens (primary N) is 1. The van der Waals surface area contributed by atoms with Crippen LogP contribution in [0.5, 0.6) is 0 Å². The maximum absolute atomic E-state index is 6.51. The van der Waals surface area contributed by atoms with Gasteiger partial charge in [0.1, 0.15) is 0 Å². The van der Waals surface area contributed by atoms with Gasteiger partial charge in [0, 0.05) is 5.54 Å². The fourth-order valence-corrected chi connectivity index (χ4v) is 2.90. The molecule has 0 aliphatic heterocycles. The monoisotopic (exact) mass is 259 g/mol. The predicted octanol–water partition coefficient (Wildman–Crippen LogP) is 4.46. The molecule has 0 saturated heterocycles. The van der Waals surface area contributed by atoms with Crippen molar-refractivity contribution in [3.8, 4) is 0 Å². The summed E-state index contributed by atoms with van der Waals surface area (Å²) in [6.07, 6.45) is 13.2. The maximum atomic E-state index is 6.51. The van der Waals surface area contributed by atoms with E-state index in [0.717, 1.165) is 18.8 Å².